The molecule has 1 rings (SSSR count). The summed E-state index contributed by atoms with van der Waals surface area (Å²) < 4.78 is 14.8. The Morgan fingerprint density at radius 1 is 1.44 bits per heavy atom. The van der Waals surface area contributed by atoms with E-state index in [9.17, 15) is 9.59 Å². The molecule has 1 fully saturated rings. The van der Waals surface area contributed by atoms with Gasteiger partial charge in [0, 0.05) is 0 Å². The normalized spacial score (nSPS) is 18.9. The van der Waals surface area contributed by atoms with Crippen molar-refractivity contribution in [3.05, 3.63) is 0 Å². The lowest BCUT2D eigenvalue weighted by molar-refractivity contribution is -0.157. The first-order chi connectivity index (χ1) is 7.49. The van der Waals surface area contributed by atoms with Crippen molar-refractivity contribution in [3.8, 4) is 0 Å². The number of carbonyl (C=O) groups is 2. The number of esters is 1. The minimum absolute atomic E-state index is 0.152. The van der Waals surface area contributed by atoms with Gasteiger partial charge in [-0.2, -0.15) is 0 Å². The fourth-order valence-corrected chi connectivity index (χ4v) is 1.29. The minimum Gasteiger partial charge on any atom is -0.465 e. The second-order valence-corrected chi connectivity index (χ2v) is 4.44. The van der Waals surface area contributed by atoms with Gasteiger partial charge in [-0.05, 0) is 6.42 Å². The number of hydrogen-bond acceptors (Lipinski definition) is 5. The summed E-state index contributed by atoms with van der Waals surface area (Å²) in [6, 6.07) is 0. The zero-order valence-corrected chi connectivity index (χ0v) is 9.95. The van der Waals surface area contributed by atoms with Gasteiger partial charge in [-0.3, -0.25) is 4.79 Å². The largest absolute Gasteiger partial charge is 0.508 e. The van der Waals surface area contributed by atoms with Crippen molar-refractivity contribution < 1.29 is 23.8 Å². The predicted molar refractivity (Wildman–Crippen MR) is 55.8 cm³/mol. The number of cyclic esters (lactones) is 2. The molecule has 0 spiro atoms. The van der Waals surface area contributed by atoms with Crippen LogP contribution >= 0.6 is 0 Å². The van der Waals surface area contributed by atoms with E-state index in [-0.39, 0.29) is 31.7 Å². The van der Waals surface area contributed by atoms with Crippen LogP contribution in [0.1, 0.15) is 27.2 Å². The Morgan fingerprint density at radius 2 is 2.00 bits per heavy atom. The van der Waals surface area contributed by atoms with Crippen molar-refractivity contribution in [1.82, 2.24) is 0 Å². The molecule has 0 unspecified atom stereocenters. The third kappa shape index (κ3) is 3.12. The fourth-order valence-electron chi connectivity index (χ4n) is 1.29. The van der Waals surface area contributed by atoms with Gasteiger partial charge in [0.05, 0.1) is 11.3 Å². The van der Waals surface area contributed by atoms with Crippen LogP contribution in [0.3, 0.4) is 0 Å². The summed E-state index contributed by atoms with van der Waals surface area (Å²) in [7, 11) is 0. The van der Waals surface area contributed by atoms with E-state index in [0.29, 0.717) is 0 Å². The number of ether oxygens (including phenoxy) is 3. The van der Waals surface area contributed by atoms with E-state index in [2.05, 4.69) is 0 Å². The Labute approximate surface area is 95.0 Å². The van der Waals surface area contributed by atoms with Crippen LogP contribution in [-0.2, 0) is 19.0 Å². The topological polar surface area (TPSA) is 61.8 Å². The number of carbonyl (C=O) groups excluding carboxylic acids is 2. The molecule has 0 atom stereocenters. The zero-order chi connectivity index (χ0) is 12.2. The van der Waals surface area contributed by atoms with E-state index in [1.165, 1.54) is 0 Å². The van der Waals surface area contributed by atoms with Crippen LogP contribution < -0.4 is 0 Å². The van der Waals surface area contributed by atoms with Gasteiger partial charge in [-0.25, -0.2) is 4.79 Å². The molecular weight excluding hydrogens is 212 g/mol. The monoisotopic (exact) mass is 230 g/mol. The first-order valence-electron chi connectivity index (χ1n) is 5.45. The highest BCUT2D eigenvalue weighted by molar-refractivity contribution is 5.71. The summed E-state index contributed by atoms with van der Waals surface area (Å²) in [5, 5.41) is 0. The molecular formula is C11H18O5. The van der Waals surface area contributed by atoms with Crippen molar-refractivity contribution in [2.45, 2.75) is 27.2 Å². The van der Waals surface area contributed by atoms with Gasteiger partial charge < -0.3 is 14.2 Å². The SMILES string of the molecule is CCC1(COC(=O)C(C)C)COC(=O)OC1. The maximum atomic E-state index is 11.3. The molecule has 0 aromatic rings. The minimum atomic E-state index is -0.653. The van der Waals surface area contributed by atoms with Crippen LogP contribution in [0.5, 0.6) is 0 Å². The standard InChI is InChI=1S/C11H18O5/c1-4-11(5-14-9(12)8(2)3)6-15-10(13)16-7-11/h8H,4-7H2,1-3H3. The summed E-state index contributed by atoms with van der Waals surface area (Å²) in [5.41, 5.74) is -0.390. The summed E-state index contributed by atoms with van der Waals surface area (Å²) >= 11 is 0. The van der Waals surface area contributed by atoms with Gasteiger partial charge in [0.2, 0.25) is 0 Å². The lowest BCUT2D eigenvalue weighted by atomic mass is 9.87. The average molecular weight is 230 g/mol. The second kappa shape index (κ2) is 5.18. The van der Waals surface area contributed by atoms with Crippen molar-refractivity contribution in [1.29, 1.82) is 0 Å². The Kier molecular flexibility index (Phi) is 4.15. The Morgan fingerprint density at radius 3 is 2.44 bits per heavy atom. The molecule has 16 heavy (non-hydrogen) atoms. The van der Waals surface area contributed by atoms with Crippen molar-refractivity contribution in [2.24, 2.45) is 11.3 Å². The van der Waals surface area contributed by atoms with Crippen molar-refractivity contribution >= 4 is 12.1 Å². The lowest BCUT2D eigenvalue weighted by Crippen LogP contribution is -2.43. The molecule has 1 aliphatic rings. The van der Waals surface area contributed by atoms with Gasteiger partial charge >= 0.3 is 12.1 Å². The van der Waals surface area contributed by atoms with Gasteiger partial charge in [-0.1, -0.05) is 20.8 Å². The quantitative estimate of drug-likeness (QED) is 0.688. The molecule has 1 aliphatic heterocycles. The van der Waals surface area contributed by atoms with Crippen LogP contribution in [0.15, 0.2) is 0 Å². The van der Waals surface area contributed by atoms with E-state index < -0.39 is 11.6 Å². The second-order valence-electron chi connectivity index (χ2n) is 4.44. The van der Waals surface area contributed by atoms with Crippen molar-refractivity contribution in [3.63, 3.8) is 0 Å². The highest BCUT2D eigenvalue weighted by Crippen LogP contribution is 2.27. The Bertz CT molecular complexity index is 262. The highest BCUT2D eigenvalue weighted by Gasteiger charge is 2.37. The fraction of sp³-hybridized carbons (Fsp3) is 0.818. The molecule has 0 aromatic heterocycles. The van der Waals surface area contributed by atoms with Crippen molar-refractivity contribution in [2.75, 3.05) is 19.8 Å². The molecule has 0 amide bonds. The number of hydrogen-bond donors (Lipinski definition) is 0. The lowest BCUT2D eigenvalue weighted by Gasteiger charge is -2.34. The molecule has 0 saturated carbocycles. The maximum absolute atomic E-state index is 11.3. The molecule has 0 radical (unpaired) electrons. The predicted octanol–water partition coefficient (Wildman–Crippen LogP) is 1.75. The third-order valence-electron chi connectivity index (χ3n) is 2.73. The van der Waals surface area contributed by atoms with E-state index in [1.807, 2.05) is 6.92 Å². The van der Waals surface area contributed by atoms with Crippen LogP contribution in [0.25, 0.3) is 0 Å². The molecule has 0 N–H and O–H groups in total. The van der Waals surface area contributed by atoms with E-state index in [0.717, 1.165) is 6.42 Å². The molecule has 5 heteroatoms. The first kappa shape index (κ1) is 12.8. The van der Waals surface area contributed by atoms with E-state index in [4.69, 9.17) is 14.2 Å². The Hall–Kier alpha value is -1.26. The van der Waals surface area contributed by atoms with Crippen LogP contribution in [0, 0.1) is 11.3 Å². The summed E-state index contributed by atoms with van der Waals surface area (Å²) in [4.78, 5) is 22.1. The summed E-state index contributed by atoms with van der Waals surface area (Å²) in [6.07, 6.45) is 0.0744. The van der Waals surface area contributed by atoms with Gasteiger partial charge in [0.1, 0.15) is 19.8 Å². The molecule has 1 saturated heterocycles. The summed E-state index contributed by atoms with van der Waals surface area (Å²) in [6.45, 7) is 6.22. The van der Waals surface area contributed by atoms with E-state index in [1.54, 1.807) is 13.8 Å². The van der Waals surface area contributed by atoms with Gasteiger partial charge in [0.15, 0.2) is 0 Å². The average Bonchev–Trinajstić information content (AvgIpc) is 2.28. The van der Waals surface area contributed by atoms with Gasteiger partial charge in [0.25, 0.3) is 0 Å². The maximum Gasteiger partial charge on any atom is 0.508 e. The number of rotatable bonds is 4. The highest BCUT2D eigenvalue weighted by atomic mass is 16.7. The third-order valence-corrected chi connectivity index (χ3v) is 2.73. The van der Waals surface area contributed by atoms with Crippen LogP contribution in [-0.4, -0.2) is 31.9 Å². The molecule has 0 aromatic carbocycles. The smallest absolute Gasteiger partial charge is 0.465 e. The molecule has 0 aliphatic carbocycles. The molecule has 92 valence electrons. The first-order valence-corrected chi connectivity index (χ1v) is 5.45. The van der Waals surface area contributed by atoms with Crippen LogP contribution in [0.2, 0.25) is 0 Å². The Balaban J connectivity index is 2.48. The zero-order valence-electron chi connectivity index (χ0n) is 9.95. The van der Waals surface area contributed by atoms with Crippen LogP contribution in [0.4, 0.5) is 4.79 Å². The van der Waals surface area contributed by atoms with E-state index >= 15 is 0 Å². The summed E-state index contributed by atoms with van der Waals surface area (Å²) in [5.74, 6) is -0.398. The van der Waals surface area contributed by atoms with Gasteiger partial charge in [-0.15, -0.1) is 0 Å². The molecule has 0 bridgehead atoms. The molecule has 5 nitrogen and oxygen atoms in total. The molecule has 1 heterocycles.